The minimum absolute atomic E-state index is 0.130. The Balaban J connectivity index is 1.52. The number of hydrogen-bond acceptors (Lipinski definition) is 3. The highest BCUT2D eigenvalue weighted by Gasteiger charge is 2.38. The summed E-state index contributed by atoms with van der Waals surface area (Å²) in [5.41, 5.74) is 2.42. The number of ether oxygens (including phenoxy) is 1. The molecule has 0 bridgehead atoms. The highest BCUT2D eigenvalue weighted by molar-refractivity contribution is 5.94. The van der Waals surface area contributed by atoms with Crippen LogP contribution >= 0.6 is 0 Å². The van der Waals surface area contributed by atoms with Gasteiger partial charge in [-0.3, -0.25) is 4.79 Å². The van der Waals surface area contributed by atoms with Gasteiger partial charge in [-0.25, -0.2) is 8.78 Å². The minimum Gasteiger partial charge on any atom is -0.383 e. The molecule has 2 N–H and O–H groups in total. The number of carbonyl (C=O) groups is 1. The van der Waals surface area contributed by atoms with Gasteiger partial charge in [0.05, 0.1) is 6.61 Å². The van der Waals surface area contributed by atoms with Gasteiger partial charge in [0.15, 0.2) is 11.6 Å². The van der Waals surface area contributed by atoms with Crippen LogP contribution < -0.4 is 10.6 Å². The fourth-order valence-corrected chi connectivity index (χ4v) is 2.97. The van der Waals surface area contributed by atoms with Crippen molar-refractivity contribution in [3.63, 3.8) is 0 Å². The zero-order chi connectivity index (χ0) is 18.5. The van der Waals surface area contributed by atoms with Gasteiger partial charge >= 0.3 is 0 Å². The maximum Gasteiger partial charge on any atom is 0.251 e. The molecule has 1 saturated carbocycles. The molecule has 6 heteroatoms. The normalized spacial score (nSPS) is 18.6. The molecular formula is C20H22F2N2O2. The average Bonchev–Trinajstić information content (AvgIpc) is 3.42. The fourth-order valence-electron chi connectivity index (χ4n) is 2.97. The molecule has 2 aromatic rings. The van der Waals surface area contributed by atoms with Crippen molar-refractivity contribution in [2.75, 3.05) is 20.3 Å². The molecule has 2 atom stereocenters. The highest BCUT2D eigenvalue weighted by atomic mass is 19.2. The zero-order valence-electron chi connectivity index (χ0n) is 14.6. The largest absolute Gasteiger partial charge is 0.383 e. The molecule has 1 aliphatic rings. The molecule has 0 aromatic heterocycles. The summed E-state index contributed by atoms with van der Waals surface area (Å²) in [6, 6.07) is 11.7. The first kappa shape index (κ1) is 18.5. The van der Waals surface area contributed by atoms with Crippen molar-refractivity contribution in [3.8, 4) is 0 Å². The summed E-state index contributed by atoms with van der Waals surface area (Å²) in [7, 11) is 1.59. The van der Waals surface area contributed by atoms with E-state index in [4.69, 9.17) is 4.74 Å². The Hall–Kier alpha value is -2.31. The summed E-state index contributed by atoms with van der Waals surface area (Å²) in [5, 5.41) is 6.20. The third-order valence-corrected chi connectivity index (χ3v) is 4.51. The number of nitrogens with one attached hydrogen (secondary N) is 2. The molecule has 1 amide bonds. The Labute approximate surface area is 151 Å². The fraction of sp³-hybridized carbons (Fsp3) is 0.350. The van der Waals surface area contributed by atoms with Crippen LogP contribution in [0.2, 0.25) is 0 Å². The molecule has 0 unspecified atom stereocenters. The number of carbonyl (C=O) groups excluding carboxylic acids is 1. The number of halogens is 2. The number of rotatable bonds is 8. The number of benzene rings is 2. The predicted octanol–water partition coefficient (Wildman–Crippen LogP) is 2.99. The minimum atomic E-state index is -0.820. The van der Waals surface area contributed by atoms with Crippen LogP contribution in [0.25, 0.3) is 0 Å². The Morgan fingerprint density at radius 2 is 2.04 bits per heavy atom. The summed E-state index contributed by atoms with van der Waals surface area (Å²) < 4.78 is 31.3. The van der Waals surface area contributed by atoms with Crippen LogP contribution in [0.5, 0.6) is 0 Å². The van der Waals surface area contributed by atoms with Crippen LogP contribution in [0.3, 0.4) is 0 Å². The van der Waals surface area contributed by atoms with Gasteiger partial charge in [-0.1, -0.05) is 18.2 Å². The second kappa shape index (κ2) is 8.38. The summed E-state index contributed by atoms with van der Waals surface area (Å²) in [6.45, 7) is 1.56. The average molecular weight is 360 g/mol. The van der Waals surface area contributed by atoms with Gasteiger partial charge in [-0.15, -0.1) is 0 Å². The smallest absolute Gasteiger partial charge is 0.251 e. The molecule has 0 radical (unpaired) electrons. The number of hydrogen-bond donors (Lipinski definition) is 2. The van der Waals surface area contributed by atoms with E-state index in [0.717, 1.165) is 17.5 Å². The highest BCUT2D eigenvalue weighted by Crippen LogP contribution is 2.41. The molecule has 1 aliphatic carbocycles. The van der Waals surface area contributed by atoms with E-state index in [2.05, 4.69) is 10.6 Å². The Morgan fingerprint density at radius 3 is 2.81 bits per heavy atom. The topological polar surface area (TPSA) is 50.4 Å². The van der Waals surface area contributed by atoms with Gasteiger partial charge in [0.1, 0.15) is 0 Å². The summed E-state index contributed by atoms with van der Waals surface area (Å²) >= 11 is 0. The zero-order valence-corrected chi connectivity index (χ0v) is 14.6. The Bertz CT molecular complexity index is 782. The SMILES string of the molecule is COCCNC(=O)c1cccc(CN[C@@H]2C[C@H]2c2ccc(F)c(F)c2)c1. The first-order valence-corrected chi connectivity index (χ1v) is 8.63. The summed E-state index contributed by atoms with van der Waals surface area (Å²) in [4.78, 5) is 12.1. The number of methoxy groups -OCH3 is 1. The Kier molecular flexibility index (Phi) is 5.96. The quantitative estimate of drug-likeness (QED) is 0.712. The molecule has 4 nitrogen and oxygen atoms in total. The van der Waals surface area contributed by atoms with E-state index < -0.39 is 11.6 Å². The van der Waals surface area contributed by atoms with Crippen molar-refractivity contribution in [1.29, 1.82) is 0 Å². The number of amides is 1. The van der Waals surface area contributed by atoms with E-state index in [-0.39, 0.29) is 17.9 Å². The van der Waals surface area contributed by atoms with Crippen LogP contribution in [0.4, 0.5) is 8.78 Å². The van der Waals surface area contributed by atoms with E-state index >= 15 is 0 Å². The van der Waals surface area contributed by atoms with Gasteiger partial charge in [0.25, 0.3) is 5.91 Å². The van der Waals surface area contributed by atoms with Gasteiger partial charge < -0.3 is 15.4 Å². The molecular weight excluding hydrogens is 338 g/mol. The second-order valence-corrected chi connectivity index (χ2v) is 6.45. The lowest BCUT2D eigenvalue weighted by Crippen LogP contribution is -2.27. The van der Waals surface area contributed by atoms with Crippen LogP contribution in [-0.2, 0) is 11.3 Å². The van der Waals surface area contributed by atoms with Crippen molar-refractivity contribution in [1.82, 2.24) is 10.6 Å². The first-order valence-electron chi connectivity index (χ1n) is 8.63. The maximum atomic E-state index is 13.3. The van der Waals surface area contributed by atoms with E-state index in [1.54, 1.807) is 19.2 Å². The lowest BCUT2D eigenvalue weighted by molar-refractivity contribution is 0.0937. The van der Waals surface area contributed by atoms with Crippen LogP contribution in [0.1, 0.15) is 33.8 Å². The molecule has 0 aliphatic heterocycles. The molecule has 2 aromatic carbocycles. The van der Waals surface area contributed by atoms with Gasteiger partial charge in [-0.2, -0.15) is 0 Å². The van der Waals surface area contributed by atoms with Gasteiger partial charge in [-0.05, 0) is 41.8 Å². The lowest BCUT2D eigenvalue weighted by atomic mass is 10.1. The molecule has 1 fully saturated rings. The predicted molar refractivity (Wildman–Crippen MR) is 95.0 cm³/mol. The second-order valence-electron chi connectivity index (χ2n) is 6.45. The van der Waals surface area contributed by atoms with E-state index in [0.29, 0.717) is 25.3 Å². The van der Waals surface area contributed by atoms with Crippen molar-refractivity contribution in [3.05, 3.63) is 70.8 Å². The van der Waals surface area contributed by atoms with Gasteiger partial charge in [0, 0.05) is 37.7 Å². The molecule has 0 heterocycles. The standard InChI is InChI=1S/C20H22F2N2O2/c1-26-8-7-23-20(25)15-4-2-3-13(9-15)12-24-19-11-16(19)14-5-6-17(21)18(22)10-14/h2-6,9-10,16,19,24H,7-8,11-12H2,1H3,(H,23,25)/t16-,19+/m0/s1. The Morgan fingerprint density at radius 1 is 1.19 bits per heavy atom. The summed E-state index contributed by atoms with van der Waals surface area (Å²) in [5.74, 6) is -1.56. The van der Waals surface area contributed by atoms with Crippen molar-refractivity contribution >= 4 is 5.91 Å². The van der Waals surface area contributed by atoms with Gasteiger partial charge in [0.2, 0.25) is 0 Å². The molecule has 0 saturated heterocycles. The molecule has 0 spiro atoms. The van der Waals surface area contributed by atoms with Crippen LogP contribution in [0, 0.1) is 11.6 Å². The summed E-state index contributed by atoms with van der Waals surface area (Å²) in [6.07, 6.45) is 0.891. The van der Waals surface area contributed by atoms with Crippen molar-refractivity contribution in [2.45, 2.75) is 24.9 Å². The molecule has 138 valence electrons. The third-order valence-electron chi connectivity index (χ3n) is 4.51. The van der Waals surface area contributed by atoms with E-state index in [9.17, 15) is 13.6 Å². The van der Waals surface area contributed by atoms with E-state index in [1.165, 1.54) is 12.1 Å². The third kappa shape index (κ3) is 4.65. The monoisotopic (exact) mass is 360 g/mol. The molecule has 3 rings (SSSR count). The van der Waals surface area contributed by atoms with E-state index in [1.807, 2.05) is 18.2 Å². The van der Waals surface area contributed by atoms with Crippen molar-refractivity contribution < 1.29 is 18.3 Å². The molecule has 26 heavy (non-hydrogen) atoms. The first-order chi connectivity index (χ1) is 12.6. The van der Waals surface area contributed by atoms with Crippen molar-refractivity contribution in [2.24, 2.45) is 0 Å². The van der Waals surface area contributed by atoms with Crippen LogP contribution in [0.15, 0.2) is 42.5 Å². The maximum absolute atomic E-state index is 13.3. The lowest BCUT2D eigenvalue weighted by Gasteiger charge is -2.08. The van der Waals surface area contributed by atoms with Crippen LogP contribution in [-0.4, -0.2) is 32.2 Å².